The van der Waals surface area contributed by atoms with E-state index in [-0.39, 0.29) is 12.1 Å². The first-order valence-electron chi connectivity index (χ1n) is 8.19. The lowest BCUT2D eigenvalue weighted by Crippen LogP contribution is -2.36. The Morgan fingerprint density at radius 1 is 1.33 bits per heavy atom. The van der Waals surface area contributed by atoms with Crippen molar-refractivity contribution in [1.29, 1.82) is 0 Å². The van der Waals surface area contributed by atoms with Crippen molar-refractivity contribution in [1.82, 2.24) is 0 Å². The highest BCUT2D eigenvalue weighted by molar-refractivity contribution is 5.75. The average Bonchev–Trinajstić information content (AvgIpc) is 2.53. The van der Waals surface area contributed by atoms with E-state index in [0.717, 1.165) is 25.7 Å². The van der Waals surface area contributed by atoms with Crippen LogP contribution in [0.3, 0.4) is 0 Å². The number of esters is 1. The van der Waals surface area contributed by atoms with Crippen LogP contribution in [0.5, 0.6) is 0 Å². The van der Waals surface area contributed by atoms with Crippen LogP contribution in [0.4, 0.5) is 0 Å². The van der Waals surface area contributed by atoms with Gasteiger partial charge in [0.2, 0.25) is 0 Å². The van der Waals surface area contributed by atoms with E-state index in [2.05, 4.69) is 19.1 Å². The second kappa shape index (κ2) is 8.18. The van der Waals surface area contributed by atoms with E-state index >= 15 is 0 Å². The smallest absolute Gasteiger partial charge is 0.323 e. The molecule has 2 unspecified atom stereocenters. The molecule has 3 nitrogen and oxygen atoms in total. The monoisotopic (exact) mass is 289 g/mol. The highest BCUT2D eigenvalue weighted by Crippen LogP contribution is 2.28. The van der Waals surface area contributed by atoms with E-state index in [1.165, 1.54) is 18.4 Å². The fourth-order valence-corrected chi connectivity index (χ4v) is 3.06. The van der Waals surface area contributed by atoms with Gasteiger partial charge in [-0.25, -0.2) is 0 Å². The van der Waals surface area contributed by atoms with E-state index in [0.29, 0.717) is 12.3 Å². The van der Waals surface area contributed by atoms with E-state index in [1.54, 1.807) is 0 Å². The largest absolute Gasteiger partial charge is 0.461 e. The van der Waals surface area contributed by atoms with Crippen molar-refractivity contribution in [2.45, 2.75) is 64.0 Å². The number of hydrogen-bond acceptors (Lipinski definition) is 3. The lowest BCUT2D eigenvalue weighted by Gasteiger charge is -2.29. The number of aryl methyl sites for hydroxylation is 1. The first kappa shape index (κ1) is 16.0. The number of carbonyl (C=O) groups is 1. The SMILES string of the molecule is CCC1CCCC(OC(=O)[C@@H](N)CCc2ccccc2)C1. The van der Waals surface area contributed by atoms with Crippen LogP contribution >= 0.6 is 0 Å². The van der Waals surface area contributed by atoms with Crippen molar-refractivity contribution < 1.29 is 9.53 Å². The average molecular weight is 289 g/mol. The van der Waals surface area contributed by atoms with E-state index in [4.69, 9.17) is 10.5 Å². The number of benzene rings is 1. The molecular formula is C18H27NO2. The highest BCUT2D eigenvalue weighted by Gasteiger charge is 2.25. The normalized spacial score (nSPS) is 23.5. The Hall–Kier alpha value is -1.35. The van der Waals surface area contributed by atoms with Gasteiger partial charge in [-0.05, 0) is 43.6 Å². The van der Waals surface area contributed by atoms with Crippen LogP contribution < -0.4 is 5.73 Å². The molecule has 116 valence electrons. The summed E-state index contributed by atoms with van der Waals surface area (Å²) in [6, 6.07) is 9.62. The molecule has 0 bridgehead atoms. The van der Waals surface area contributed by atoms with Crippen molar-refractivity contribution in [2.24, 2.45) is 11.7 Å². The molecule has 1 aromatic rings. The minimum atomic E-state index is -0.507. The Labute approximate surface area is 127 Å². The maximum Gasteiger partial charge on any atom is 0.323 e. The Morgan fingerprint density at radius 2 is 2.10 bits per heavy atom. The van der Waals surface area contributed by atoms with Gasteiger partial charge in [0.1, 0.15) is 12.1 Å². The van der Waals surface area contributed by atoms with Crippen molar-refractivity contribution in [2.75, 3.05) is 0 Å². The third kappa shape index (κ3) is 5.16. The third-order valence-electron chi connectivity index (χ3n) is 4.48. The zero-order valence-corrected chi connectivity index (χ0v) is 13.0. The quantitative estimate of drug-likeness (QED) is 0.816. The van der Waals surface area contributed by atoms with Crippen LogP contribution in [0.1, 0.15) is 51.0 Å². The molecule has 1 aromatic carbocycles. The molecule has 3 atom stereocenters. The van der Waals surface area contributed by atoms with Crippen molar-refractivity contribution in [3.63, 3.8) is 0 Å². The van der Waals surface area contributed by atoms with Crippen LogP contribution in [0.2, 0.25) is 0 Å². The zero-order valence-electron chi connectivity index (χ0n) is 13.0. The highest BCUT2D eigenvalue weighted by atomic mass is 16.5. The third-order valence-corrected chi connectivity index (χ3v) is 4.48. The molecule has 0 aliphatic heterocycles. The van der Waals surface area contributed by atoms with Crippen molar-refractivity contribution >= 4 is 5.97 Å². The van der Waals surface area contributed by atoms with Gasteiger partial charge >= 0.3 is 5.97 Å². The number of nitrogens with two attached hydrogens (primary N) is 1. The number of hydrogen-bond donors (Lipinski definition) is 1. The van der Waals surface area contributed by atoms with Gasteiger partial charge < -0.3 is 10.5 Å². The minimum absolute atomic E-state index is 0.0824. The van der Waals surface area contributed by atoms with E-state index in [1.807, 2.05) is 18.2 Å². The van der Waals surface area contributed by atoms with Crippen LogP contribution in [-0.4, -0.2) is 18.1 Å². The molecule has 0 saturated heterocycles. The molecule has 1 fully saturated rings. The fraction of sp³-hybridized carbons (Fsp3) is 0.611. The Morgan fingerprint density at radius 3 is 2.81 bits per heavy atom. The summed E-state index contributed by atoms with van der Waals surface area (Å²) in [6.07, 6.45) is 7.15. The molecule has 3 heteroatoms. The van der Waals surface area contributed by atoms with Gasteiger partial charge in [-0.15, -0.1) is 0 Å². The summed E-state index contributed by atoms with van der Waals surface area (Å²) in [5.74, 6) is 0.477. The molecule has 1 aliphatic carbocycles. The molecule has 0 radical (unpaired) electrons. The molecule has 0 spiro atoms. The Balaban J connectivity index is 1.74. The zero-order chi connectivity index (χ0) is 15.1. The first-order chi connectivity index (χ1) is 10.2. The van der Waals surface area contributed by atoms with Gasteiger partial charge in [-0.3, -0.25) is 4.79 Å². The van der Waals surface area contributed by atoms with Gasteiger partial charge in [0.15, 0.2) is 0 Å². The number of carbonyl (C=O) groups excluding carboxylic acids is 1. The molecule has 2 N–H and O–H groups in total. The molecule has 1 saturated carbocycles. The minimum Gasteiger partial charge on any atom is -0.461 e. The van der Waals surface area contributed by atoms with Crippen LogP contribution in [0.25, 0.3) is 0 Å². The van der Waals surface area contributed by atoms with Gasteiger partial charge in [-0.1, -0.05) is 50.1 Å². The predicted molar refractivity (Wildman–Crippen MR) is 84.9 cm³/mol. The molecule has 21 heavy (non-hydrogen) atoms. The summed E-state index contributed by atoms with van der Waals surface area (Å²) in [5, 5.41) is 0. The summed E-state index contributed by atoms with van der Waals surface area (Å²) < 4.78 is 5.61. The maximum absolute atomic E-state index is 12.1. The summed E-state index contributed by atoms with van der Waals surface area (Å²) in [6.45, 7) is 2.21. The lowest BCUT2D eigenvalue weighted by molar-refractivity contribution is -0.153. The molecular weight excluding hydrogens is 262 g/mol. The molecule has 1 aliphatic rings. The van der Waals surface area contributed by atoms with Crippen molar-refractivity contribution in [3.8, 4) is 0 Å². The predicted octanol–water partition coefficient (Wildman–Crippen LogP) is 3.46. The van der Waals surface area contributed by atoms with Gasteiger partial charge in [0.25, 0.3) is 0 Å². The van der Waals surface area contributed by atoms with Gasteiger partial charge in [0, 0.05) is 0 Å². The number of ether oxygens (including phenoxy) is 1. The molecule has 2 rings (SSSR count). The molecule has 0 aromatic heterocycles. The summed E-state index contributed by atoms with van der Waals surface area (Å²) in [4.78, 5) is 12.1. The summed E-state index contributed by atoms with van der Waals surface area (Å²) in [7, 11) is 0. The Bertz CT molecular complexity index is 432. The van der Waals surface area contributed by atoms with Crippen molar-refractivity contribution in [3.05, 3.63) is 35.9 Å². The van der Waals surface area contributed by atoms with Crippen LogP contribution in [0, 0.1) is 5.92 Å². The second-order valence-electron chi connectivity index (χ2n) is 6.13. The van der Waals surface area contributed by atoms with Crippen LogP contribution in [-0.2, 0) is 16.0 Å². The topological polar surface area (TPSA) is 52.3 Å². The van der Waals surface area contributed by atoms with E-state index < -0.39 is 6.04 Å². The summed E-state index contributed by atoms with van der Waals surface area (Å²) in [5.41, 5.74) is 7.19. The van der Waals surface area contributed by atoms with E-state index in [9.17, 15) is 4.79 Å². The van der Waals surface area contributed by atoms with Gasteiger partial charge in [0.05, 0.1) is 0 Å². The van der Waals surface area contributed by atoms with Crippen LogP contribution in [0.15, 0.2) is 30.3 Å². The summed E-state index contributed by atoms with van der Waals surface area (Å²) >= 11 is 0. The Kier molecular flexibility index (Phi) is 6.24. The number of rotatable bonds is 6. The maximum atomic E-state index is 12.1. The molecule has 0 amide bonds. The first-order valence-corrected chi connectivity index (χ1v) is 8.19. The lowest BCUT2D eigenvalue weighted by atomic mass is 9.85. The standard InChI is InChI=1S/C18H27NO2/c1-2-14-9-6-10-16(13-14)21-18(20)17(19)12-11-15-7-4-3-5-8-15/h3-5,7-8,14,16-17H,2,6,9-13,19H2,1H3/t14?,16?,17-/m0/s1. The fourth-order valence-electron chi connectivity index (χ4n) is 3.06. The second-order valence-corrected chi connectivity index (χ2v) is 6.13. The van der Waals surface area contributed by atoms with Gasteiger partial charge in [-0.2, -0.15) is 0 Å². The molecule has 0 heterocycles.